The van der Waals surface area contributed by atoms with Gasteiger partial charge in [0.2, 0.25) is 0 Å². The first-order chi connectivity index (χ1) is 10.9. The highest BCUT2D eigenvalue weighted by atomic mass is 16.6. The fraction of sp³-hybridized carbons (Fsp3) is 0.562. The zero-order valence-corrected chi connectivity index (χ0v) is 13.4. The number of nitro groups is 1. The number of ether oxygens (including phenoxy) is 2. The summed E-state index contributed by atoms with van der Waals surface area (Å²) in [6.45, 7) is 3.20. The van der Waals surface area contributed by atoms with E-state index in [1.807, 2.05) is 0 Å². The van der Waals surface area contributed by atoms with Gasteiger partial charge in [0, 0.05) is 16.4 Å². The van der Waals surface area contributed by atoms with Gasteiger partial charge in [0.1, 0.15) is 11.5 Å². The average Bonchev–Trinajstić information content (AvgIpc) is 2.53. The second-order valence-corrected chi connectivity index (χ2v) is 5.90. The molecule has 0 saturated carbocycles. The second kappa shape index (κ2) is 6.44. The number of nitrogens with zero attached hydrogens (tertiary/aromatic N) is 1. The van der Waals surface area contributed by atoms with Crippen molar-refractivity contribution in [2.45, 2.75) is 32.2 Å². The Bertz CT molecular complexity index is 602. The third-order valence-corrected chi connectivity index (χ3v) is 4.84. The van der Waals surface area contributed by atoms with E-state index in [9.17, 15) is 20.0 Å². The Labute approximate surface area is 134 Å². The van der Waals surface area contributed by atoms with E-state index in [2.05, 4.69) is 0 Å². The van der Waals surface area contributed by atoms with E-state index in [1.165, 1.54) is 7.11 Å². The van der Waals surface area contributed by atoms with E-state index in [4.69, 9.17) is 9.47 Å². The molecule has 0 amide bonds. The predicted octanol–water partition coefficient (Wildman–Crippen LogP) is 2.39. The third-order valence-electron chi connectivity index (χ3n) is 4.84. The van der Waals surface area contributed by atoms with Gasteiger partial charge in [-0.25, -0.2) is 0 Å². The number of carboxylic acid groups (broad SMARTS) is 1. The Kier molecular flexibility index (Phi) is 4.77. The van der Waals surface area contributed by atoms with Crippen LogP contribution in [0.15, 0.2) is 18.2 Å². The van der Waals surface area contributed by atoms with Crippen molar-refractivity contribution in [2.24, 2.45) is 11.8 Å². The summed E-state index contributed by atoms with van der Waals surface area (Å²) >= 11 is 0. The molecule has 1 aliphatic rings. The van der Waals surface area contributed by atoms with Crippen LogP contribution in [0.5, 0.6) is 11.5 Å². The van der Waals surface area contributed by atoms with Crippen molar-refractivity contribution in [3.63, 3.8) is 0 Å². The Balaban J connectivity index is 2.48. The van der Waals surface area contributed by atoms with Crippen LogP contribution in [0, 0.1) is 22.0 Å². The monoisotopic (exact) mass is 323 g/mol. The molecule has 2 rings (SSSR count). The molecule has 126 valence electrons. The number of hydrogen-bond donors (Lipinski definition) is 1. The molecule has 0 radical (unpaired) electrons. The van der Waals surface area contributed by atoms with Crippen molar-refractivity contribution in [1.82, 2.24) is 0 Å². The highest BCUT2D eigenvalue weighted by Gasteiger charge is 2.55. The molecular weight excluding hydrogens is 302 g/mol. The van der Waals surface area contributed by atoms with Crippen molar-refractivity contribution < 1.29 is 24.3 Å². The molecule has 1 aliphatic heterocycles. The van der Waals surface area contributed by atoms with Crippen LogP contribution >= 0.6 is 0 Å². The summed E-state index contributed by atoms with van der Waals surface area (Å²) in [4.78, 5) is 22.9. The maximum atomic E-state index is 11.9. The fourth-order valence-corrected chi connectivity index (χ4v) is 3.30. The van der Waals surface area contributed by atoms with Crippen molar-refractivity contribution in [3.05, 3.63) is 33.9 Å². The van der Waals surface area contributed by atoms with E-state index in [0.29, 0.717) is 23.5 Å². The largest absolute Gasteiger partial charge is 0.496 e. The first kappa shape index (κ1) is 17.1. The van der Waals surface area contributed by atoms with Crippen molar-refractivity contribution in [1.29, 1.82) is 0 Å². The molecule has 23 heavy (non-hydrogen) atoms. The average molecular weight is 323 g/mol. The van der Waals surface area contributed by atoms with Gasteiger partial charge in [0.15, 0.2) is 6.61 Å². The van der Waals surface area contributed by atoms with Crippen LogP contribution in [-0.2, 0) is 11.2 Å². The van der Waals surface area contributed by atoms with Gasteiger partial charge in [0.05, 0.1) is 19.4 Å². The summed E-state index contributed by atoms with van der Waals surface area (Å²) < 4.78 is 10.9. The van der Waals surface area contributed by atoms with E-state index in [-0.39, 0.29) is 13.0 Å². The normalized spacial score (nSPS) is 22.4. The number of benzene rings is 1. The smallest absolute Gasteiger partial charge is 0.307 e. The number of aliphatic carboxylic acids is 1. The van der Waals surface area contributed by atoms with E-state index >= 15 is 0 Å². The Morgan fingerprint density at radius 1 is 1.57 bits per heavy atom. The van der Waals surface area contributed by atoms with Gasteiger partial charge in [-0.1, -0.05) is 19.9 Å². The molecule has 7 heteroatoms. The van der Waals surface area contributed by atoms with Crippen LogP contribution in [0.4, 0.5) is 0 Å². The number of carboxylic acids is 1. The maximum absolute atomic E-state index is 11.9. The molecule has 1 heterocycles. The Hall–Kier alpha value is -2.31. The van der Waals surface area contributed by atoms with Gasteiger partial charge in [-0.3, -0.25) is 14.9 Å². The topological polar surface area (TPSA) is 98.9 Å². The predicted molar refractivity (Wildman–Crippen MR) is 82.5 cm³/mol. The third kappa shape index (κ3) is 2.83. The fourth-order valence-electron chi connectivity index (χ4n) is 3.30. The summed E-state index contributed by atoms with van der Waals surface area (Å²) in [5.41, 5.74) is -0.870. The minimum absolute atomic E-state index is 0.0876. The first-order valence-electron chi connectivity index (χ1n) is 7.53. The standard InChI is InChI=1S/C16H21NO6/c1-4-11(15(18)19)10(2)16(17(20)21)8-12-13(22-3)6-5-7-14(12)23-9-16/h5-7,10-11H,4,8-9H2,1-3H3,(H,18,19). The van der Waals surface area contributed by atoms with Crippen molar-refractivity contribution >= 4 is 5.97 Å². The SMILES string of the molecule is CCC(C(=O)O)C(C)C1([N+](=O)[O-])COc2cccc(OC)c2C1. The lowest BCUT2D eigenvalue weighted by Gasteiger charge is -2.37. The summed E-state index contributed by atoms with van der Waals surface area (Å²) in [6, 6.07) is 5.21. The van der Waals surface area contributed by atoms with Crippen LogP contribution in [0.25, 0.3) is 0 Å². The van der Waals surface area contributed by atoms with Crippen LogP contribution in [0.3, 0.4) is 0 Å². The molecule has 1 N–H and O–H groups in total. The lowest BCUT2D eigenvalue weighted by Crippen LogP contribution is -2.56. The lowest BCUT2D eigenvalue weighted by atomic mass is 9.72. The molecule has 3 atom stereocenters. The molecule has 1 aromatic rings. The summed E-state index contributed by atoms with van der Waals surface area (Å²) in [5, 5.41) is 21.2. The molecule has 0 bridgehead atoms. The van der Waals surface area contributed by atoms with Crippen LogP contribution in [0.1, 0.15) is 25.8 Å². The summed E-state index contributed by atoms with van der Waals surface area (Å²) in [5.74, 6) is -1.44. The van der Waals surface area contributed by atoms with Gasteiger partial charge >= 0.3 is 5.97 Å². The van der Waals surface area contributed by atoms with E-state index < -0.39 is 28.3 Å². The number of carbonyl (C=O) groups is 1. The van der Waals surface area contributed by atoms with Gasteiger partial charge in [-0.2, -0.15) is 0 Å². The Morgan fingerprint density at radius 2 is 2.26 bits per heavy atom. The summed E-state index contributed by atoms with van der Waals surface area (Å²) in [6.07, 6.45) is 0.412. The lowest BCUT2D eigenvalue weighted by molar-refractivity contribution is -0.585. The molecule has 3 unspecified atom stereocenters. The molecular formula is C16H21NO6. The number of rotatable bonds is 6. The van der Waals surface area contributed by atoms with Gasteiger partial charge in [0.25, 0.3) is 5.54 Å². The summed E-state index contributed by atoms with van der Waals surface area (Å²) in [7, 11) is 1.49. The van der Waals surface area contributed by atoms with Gasteiger partial charge in [-0.05, 0) is 18.6 Å². The zero-order chi connectivity index (χ0) is 17.2. The van der Waals surface area contributed by atoms with Crippen LogP contribution in [-0.4, -0.2) is 35.3 Å². The molecule has 0 spiro atoms. The second-order valence-electron chi connectivity index (χ2n) is 5.90. The molecule has 0 fully saturated rings. The first-order valence-corrected chi connectivity index (χ1v) is 7.53. The minimum atomic E-state index is -1.49. The molecule has 0 aromatic heterocycles. The Morgan fingerprint density at radius 3 is 2.78 bits per heavy atom. The molecule has 7 nitrogen and oxygen atoms in total. The number of fused-ring (bicyclic) bond motifs is 1. The molecule has 1 aromatic carbocycles. The van der Waals surface area contributed by atoms with E-state index in [1.54, 1.807) is 32.0 Å². The van der Waals surface area contributed by atoms with Crippen molar-refractivity contribution in [2.75, 3.05) is 13.7 Å². The zero-order valence-electron chi connectivity index (χ0n) is 13.4. The highest BCUT2D eigenvalue weighted by molar-refractivity contribution is 5.70. The van der Waals surface area contributed by atoms with Gasteiger partial charge in [-0.15, -0.1) is 0 Å². The highest BCUT2D eigenvalue weighted by Crippen LogP contribution is 2.42. The molecule has 0 saturated heterocycles. The van der Waals surface area contributed by atoms with Crippen LogP contribution in [0.2, 0.25) is 0 Å². The van der Waals surface area contributed by atoms with Crippen molar-refractivity contribution in [3.8, 4) is 11.5 Å². The number of hydrogen-bond acceptors (Lipinski definition) is 5. The number of methoxy groups -OCH3 is 1. The minimum Gasteiger partial charge on any atom is -0.496 e. The quantitative estimate of drug-likeness (QED) is 0.637. The van der Waals surface area contributed by atoms with Crippen LogP contribution < -0.4 is 9.47 Å². The van der Waals surface area contributed by atoms with E-state index in [0.717, 1.165) is 0 Å². The maximum Gasteiger partial charge on any atom is 0.307 e. The molecule has 0 aliphatic carbocycles. The van der Waals surface area contributed by atoms with Gasteiger partial charge < -0.3 is 14.6 Å².